The minimum absolute atomic E-state index is 0.0818. The van der Waals surface area contributed by atoms with Gasteiger partial charge in [0, 0.05) is 6.54 Å². The highest BCUT2D eigenvalue weighted by Crippen LogP contribution is 2.16. The Morgan fingerprint density at radius 1 is 1.71 bits per heavy atom. The van der Waals surface area contributed by atoms with Gasteiger partial charge in [-0.2, -0.15) is 0 Å². The van der Waals surface area contributed by atoms with Crippen molar-refractivity contribution in [1.29, 1.82) is 0 Å². The Morgan fingerprint density at radius 3 is 2.94 bits per heavy atom. The van der Waals surface area contributed by atoms with Gasteiger partial charge in [0.25, 0.3) is 0 Å². The van der Waals surface area contributed by atoms with Crippen LogP contribution < -0.4 is 5.73 Å². The Kier molecular flexibility index (Phi) is 5.80. The van der Waals surface area contributed by atoms with Crippen molar-refractivity contribution in [3.63, 3.8) is 0 Å². The molecule has 2 unspecified atom stereocenters. The molecule has 1 aliphatic rings. The predicted octanol–water partition coefficient (Wildman–Crippen LogP) is -0.0915. The molecule has 0 spiro atoms. The summed E-state index contributed by atoms with van der Waals surface area (Å²) in [4.78, 5) is 14.2. The summed E-state index contributed by atoms with van der Waals surface area (Å²) < 4.78 is 5.24. The summed E-state index contributed by atoms with van der Waals surface area (Å²) in [5, 5.41) is 9.22. The second-order valence-electron chi connectivity index (χ2n) is 4.19. The Hall–Kier alpha value is -0.720. The van der Waals surface area contributed by atoms with Gasteiger partial charge in [-0.05, 0) is 6.42 Å². The van der Waals surface area contributed by atoms with Crippen molar-refractivity contribution in [2.24, 2.45) is 11.7 Å². The van der Waals surface area contributed by atoms with Crippen LogP contribution in [0.15, 0.2) is 0 Å². The number of nitrogens with zero attached hydrogens (tertiary/aromatic N) is 1. The number of aliphatic hydroxyl groups is 1. The van der Waals surface area contributed by atoms with Crippen LogP contribution in [0.5, 0.6) is 0 Å². The first-order valence-corrected chi connectivity index (χ1v) is 6.31. The van der Waals surface area contributed by atoms with E-state index in [1.807, 2.05) is 6.92 Å². The summed E-state index contributed by atoms with van der Waals surface area (Å²) in [7, 11) is 0. The van der Waals surface area contributed by atoms with Gasteiger partial charge in [-0.3, -0.25) is 4.79 Å². The maximum Gasteiger partial charge on any atom is 0.232 e. The zero-order chi connectivity index (χ0) is 12.8. The van der Waals surface area contributed by atoms with Crippen LogP contribution in [0.2, 0.25) is 0 Å². The summed E-state index contributed by atoms with van der Waals surface area (Å²) in [6.07, 6.45) is 1.51. The summed E-state index contributed by atoms with van der Waals surface area (Å²) in [6.45, 7) is 3.26. The normalized spacial score (nSPS) is 22.2. The van der Waals surface area contributed by atoms with Gasteiger partial charge >= 0.3 is 0 Å². The first-order chi connectivity index (χ1) is 8.11. The van der Waals surface area contributed by atoms with Crippen LogP contribution in [0.4, 0.5) is 0 Å². The first kappa shape index (κ1) is 14.3. The summed E-state index contributed by atoms with van der Waals surface area (Å²) in [5.74, 6) is -0.496. The molecule has 1 amide bonds. The minimum atomic E-state index is -0.415. The van der Waals surface area contributed by atoms with Gasteiger partial charge in [0.1, 0.15) is 0 Å². The molecule has 1 fully saturated rings. The van der Waals surface area contributed by atoms with Gasteiger partial charge < -0.3 is 20.5 Å². The fourth-order valence-corrected chi connectivity index (χ4v) is 2.19. The molecular weight excluding hydrogens is 240 g/mol. The zero-order valence-electron chi connectivity index (χ0n) is 10.1. The minimum Gasteiger partial charge on any atom is -0.394 e. The molecular formula is C11H20N2O3S. The molecule has 6 heteroatoms. The third-order valence-corrected chi connectivity index (χ3v) is 3.22. The molecule has 98 valence electrons. The largest absolute Gasteiger partial charge is 0.394 e. The van der Waals surface area contributed by atoms with Crippen LogP contribution in [0.25, 0.3) is 0 Å². The average molecular weight is 260 g/mol. The second-order valence-corrected chi connectivity index (χ2v) is 4.66. The van der Waals surface area contributed by atoms with Crippen molar-refractivity contribution in [2.45, 2.75) is 25.8 Å². The molecule has 2 atom stereocenters. The molecule has 3 N–H and O–H groups in total. The van der Waals surface area contributed by atoms with E-state index in [-0.39, 0.29) is 23.5 Å². The maximum atomic E-state index is 12.3. The maximum absolute atomic E-state index is 12.3. The molecule has 1 aliphatic heterocycles. The lowest BCUT2D eigenvalue weighted by Crippen LogP contribution is -2.53. The summed E-state index contributed by atoms with van der Waals surface area (Å²) in [5.41, 5.74) is 5.61. The van der Waals surface area contributed by atoms with Crippen molar-refractivity contribution < 1.29 is 14.6 Å². The molecule has 0 bridgehead atoms. The summed E-state index contributed by atoms with van der Waals surface area (Å²) >= 11 is 4.94. The zero-order valence-corrected chi connectivity index (χ0v) is 10.9. The average Bonchev–Trinajstić information content (AvgIpc) is 2.34. The lowest BCUT2D eigenvalue weighted by atomic mass is 10.0. The Labute approximate surface area is 107 Å². The lowest BCUT2D eigenvalue weighted by molar-refractivity contribution is -0.144. The van der Waals surface area contributed by atoms with E-state index in [9.17, 15) is 9.90 Å². The number of amides is 1. The van der Waals surface area contributed by atoms with E-state index in [0.717, 1.165) is 6.42 Å². The van der Waals surface area contributed by atoms with Gasteiger partial charge in [-0.15, -0.1) is 0 Å². The topological polar surface area (TPSA) is 75.8 Å². The summed E-state index contributed by atoms with van der Waals surface area (Å²) in [6, 6.07) is -0.273. The molecule has 0 radical (unpaired) electrons. The molecule has 17 heavy (non-hydrogen) atoms. The van der Waals surface area contributed by atoms with Gasteiger partial charge in [0.2, 0.25) is 5.91 Å². The molecule has 0 aromatic carbocycles. The van der Waals surface area contributed by atoms with Crippen LogP contribution in [0.1, 0.15) is 19.8 Å². The van der Waals surface area contributed by atoms with Crippen molar-refractivity contribution >= 4 is 23.1 Å². The molecule has 1 rings (SSSR count). The monoisotopic (exact) mass is 260 g/mol. The number of rotatable bonds is 5. The molecule has 1 heterocycles. The highest BCUT2D eigenvalue weighted by atomic mass is 32.1. The SMILES string of the molecule is CCCC(C(=O)N1CCOCC1CO)C(N)=S. The third kappa shape index (κ3) is 3.62. The number of hydrogen-bond donors (Lipinski definition) is 2. The molecule has 1 saturated heterocycles. The van der Waals surface area contributed by atoms with E-state index in [4.69, 9.17) is 22.7 Å². The van der Waals surface area contributed by atoms with Crippen LogP contribution >= 0.6 is 12.2 Å². The van der Waals surface area contributed by atoms with Crippen molar-refractivity contribution in [3.8, 4) is 0 Å². The number of thiocarbonyl (C=S) groups is 1. The van der Waals surface area contributed by atoms with Gasteiger partial charge in [-0.1, -0.05) is 25.6 Å². The number of ether oxygens (including phenoxy) is 1. The fourth-order valence-electron chi connectivity index (χ4n) is 1.97. The Bertz CT molecular complexity index is 286. The fraction of sp³-hybridized carbons (Fsp3) is 0.818. The molecule has 0 saturated carbocycles. The second kappa shape index (κ2) is 6.88. The predicted molar refractivity (Wildman–Crippen MR) is 68.6 cm³/mol. The van der Waals surface area contributed by atoms with E-state index in [1.54, 1.807) is 4.90 Å². The van der Waals surface area contributed by atoms with Crippen molar-refractivity contribution in [1.82, 2.24) is 4.90 Å². The highest BCUT2D eigenvalue weighted by molar-refractivity contribution is 7.80. The number of aliphatic hydroxyl groups excluding tert-OH is 1. The molecule has 0 aromatic heterocycles. The van der Waals surface area contributed by atoms with Crippen LogP contribution in [-0.2, 0) is 9.53 Å². The standard InChI is InChI=1S/C11H20N2O3S/c1-2-3-9(10(12)17)11(15)13-4-5-16-7-8(13)6-14/h8-9,14H,2-7H2,1H3,(H2,12,17). The number of hydrogen-bond acceptors (Lipinski definition) is 4. The molecule has 0 aliphatic carbocycles. The number of morpholine rings is 1. The molecule has 0 aromatic rings. The van der Waals surface area contributed by atoms with E-state index < -0.39 is 5.92 Å². The number of nitrogens with two attached hydrogens (primary N) is 1. The third-order valence-electron chi connectivity index (χ3n) is 2.94. The van der Waals surface area contributed by atoms with E-state index >= 15 is 0 Å². The quantitative estimate of drug-likeness (QED) is 0.676. The van der Waals surface area contributed by atoms with Gasteiger partial charge in [0.15, 0.2) is 0 Å². The van der Waals surface area contributed by atoms with E-state index in [2.05, 4.69) is 0 Å². The Balaban J connectivity index is 2.73. The van der Waals surface area contributed by atoms with Crippen LogP contribution in [0, 0.1) is 5.92 Å². The lowest BCUT2D eigenvalue weighted by Gasteiger charge is -2.36. The van der Waals surface area contributed by atoms with E-state index in [0.29, 0.717) is 26.2 Å². The number of carbonyl (C=O) groups excluding carboxylic acids is 1. The van der Waals surface area contributed by atoms with Crippen LogP contribution in [-0.4, -0.2) is 53.3 Å². The van der Waals surface area contributed by atoms with Gasteiger partial charge in [0.05, 0.1) is 36.8 Å². The molecule has 5 nitrogen and oxygen atoms in total. The smallest absolute Gasteiger partial charge is 0.232 e. The Morgan fingerprint density at radius 2 is 2.41 bits per heavy atom. The van der Waals surface area contributed by atoms with Crippen molar-refractivity contribution in [2.75, 3.05) is 26.4 Å². The van der Waals surface area contributed by atoms with Gasteiger partial charge in [-0.25, -0.2) is 0 Å². The van der Waals surface area contributed by atoms with Crippen LogP contribution in [0.3, 0.4) is 0 Å². The van der Waals surface area contributed by atoms with Crippen molar-refractivity contribution in [3.05, 3.63) is 0 Å². The van der Waals surface area contributed by atoms with E-state index in [1.165, 1.54) is 0 Å². The first-order valence-electron chi connectivity index (χ1n) is 5.90. The number of carbonyl (C=O) groups is 1. The highest BCUT2D eigenvalue weighted by Gasteiger charge is 2.32.